The van der Waals surface area contributed by atoms with Crippen LogP contribution < -0.4 is 0 Å². The van der Waals surface area contributed by atoms with Crippen LogP contribution in [0.25, 0.3) is 0 Å². The number of nitrogens with zero attached hydrogens (tertiary/aromatic N) is 2. The highest BCUT2D eigenvalue weighted by Gasteiger charge is 2.32. The molecule has 1 atom stereocenters. The highest BCUT2D eigenvalue weighted by atomic mass is 19.1. The molecule has 2 nitrogen and oxygen atoms in total. The fraction of sp³-hybridized carbons (Fsp3) is 0. The van der Waals surface area contributed by atoms with Gasteiger partial charge in [-0.25, -0.2) is 4.39 Å². The fourth-order valence-electron chi connectivity index (χ4n) is 1.25. The van der Waals surface area contributed by atoms with Gasteiger partial charge in [0.1, 0.15) is 24.4 Å². The molecule has 0 saturated carbocycles. The molecule has 0 spiro atoms. The molecule has 0 radical (unpaired) electrons. The Kier molecular flexibility index (Phi) is 1.35. The number of halogens is 1. The lowest BCUT2D eigenvalue weighted by atomic mass is 10.3. The molecule has 3 heteroatoms. The zero-order valence-corrected chi connectivity index (χ0v) is 6.44. The van der Waals surface area contributed by atoms with Gasteiger partial charge in [-0.1, -0.05) is 0 Å². The number of aliphatic imine (C=N–C) groups is 1. The maximum atomic E-state index is 12.7. The van der Waals surface area contributed by atoms with Crippen LogP contribution in [0.3, 0.4) is 0 Å². The number of rotatable bonds is 1. The number of hydrogen-bond donors (Lipinski definition) is 0. The lowest BCUT2D eigenvalue weighted by Gasteiger charge is -2.22. The maximum absolute atomic E-state index is 12.7. The Hall–Kier alpha value is -1.48. The van der Waals surface area contributed by atoms with Gasteiger partial charge >= 0.3 is 0 Å². The number of fused-ring (bicyclic) bond motifs is 1. The minimum Gasteiger partial charge on any atom is -0.206 e. The summed E-state index contributed by atoms with van der Waals surface area (Å²) in [7, 11) is 0. The largest absolute Gasteiger partial charge is 0.244 e. The molecular formula is C9H8FN2+. The lowest BCUT2D eigenvalue weighted by Crippen LogP contribution is -2.35. The zero-order valence-electron chi connectivity index (χ0n) is 6.44. The average molecular weight is 163 g/mol. The van der Waals surface area contributed by atoms with E-state index in [-0.39, 0.29) is 5.83 Å². The van der Waals surface area contributed by atoms with Gasteiger partial charge in [-0.3, -0.25) is 0 Å². The molecule has 0 aromatic carbocycles. The summed E-state index contributed by atoms with van der Waals surface area (Å²) >= 11 is 0. The first-order valence-electron chi connectivity index (χ1n) is 3.61. The molecule has 0 N–H and O–H groups in total. The molecule has 2 aliphatic rings. The first-order chi connectivity index (χ1) is 5.77. The van der Waals surface area contributed by atoms with E-state index < -0.39 is 0 Å². The number of amidine groups is 1. The highest BCUT2D eigenvalue weighted by molar-refractivity contribution is 5.91. The van der Waals surface area contributed by atoms with Gasteiger partial charge in [0.05, 0.1) is 12.3 Å². The Bertz CT molecular complexity index is 350. The number of quaternary nitrogens is 1. The second-order valence-corrected chi connectivity index (χ2v) is 2.65. The fourth-order valence-corrected chi connectivity index (χ4v) is 1.25. The topological polar surface area (TPSA) is 12.4 Å². The summed E-state index contributed by atoms with van der Waals surface area (Å²) in [6, 6.07) is 0. The quantitative estimate of drug-likeness (QED) is 0.525. The smallest absolute Gasteiger partial charge is 0.206 e. The van der Waals surface area contributed by atoms with Crippen molar-refractivity contribution in [3.8, 4) is 0 Å². The van der Waals surface area contributed by atoms with Gasteiger partial charge < -0.3 is 0 Å². The lowest BCUT2D eigenvalue weighted by molar-refractivity contribution is -0.666. The van der Waals surface area contributed by atoms with Crippen LogP contribution in [-0.2, 0) is 0 Å². The van der Waals surface area contributed by atoms with Crippen LogP contribution in [0, 0.1) is 0 Å². The van der Waals surface area contributed by atoms with E-state index in [1.807, 2.05) is 6.20 Å². The third-order valence-electron chi connectivity index (χ3n) is 1.97. The van der Waals surface area contributed by atoms with Crippen molar-refractivity contribution in [2.24, 2.45) is 4.99 Å². The molecular weight excluding hydrogens is 155 g/mol. The third kappa shape index (κ3) is 0.801. The molecule has 0 saturated heterocycles. The van der Waals surface area contributed by atoms with E-state index in [1.165, 1.54) is 12.2 Å². The predicted octanol–water partition coefficient (Wildman–Crippen LogP) is 2.21. The monoisotopic (exact) mass is 163 g/mol. The first-order valence-corrected chi connectivity index (χ1v) is 3.61. The summed E-state index contributed by atoms with van der Waals surface area (Å²) in [5, 5.41) is 0. The Morgan fingerprint density at radius 2 is 2.33 bits per heavy atom. The standard InChI is InChI=1S/C9H8FN2/c1-2-12-5-3-8(10)7-9(12)11-4-6-12/h2-7H,1H2/q+1. The van der Waals surface area contributed by atoms with Gasteiger partial charge in [0.25, 0.3) is 0 Å². The highest BCUT2D eigenvalue weighted by Crippen LogP contribution is 2.25. The Labute approximate surface area is 69.9 Å². The van der Waals surface area contributed by atoms with Crippen LogP contribution in [0.5, 0.6) is 0 Å². The molecule has 2 rings (SSSR count). The van der Waals surface area contributed by atoms with Gasteiger partial charge in [-0.2, -0.15) is 9.48 Å². The van der Waals surface area contributed by atoms with E-state index in [2.05, 4.69) is 11.6 Å². The van der Waals surface area contributed by atoms with Gasteiger partial charge in [0.15, 0.2) is 0 Å². The van der Waals surface area contributed by atoms with E-state index in [0.29, 0.717) is 10.3 Å². The summed E-state index contributed by atoms with van der Waals surface area (Å²) in [6.07, 6.45) is 9.70. The second kappa shape index (κ2) is 2.25. The molecule has 60 valence electrons. The van der Waals surface area contributed by atoms with E-state index in [9.17, 15) is 4.39 Å². The Morgan fingerprint density at radius 1 is 1.50 bits per heavy atom. The minimum absolute atomic E-state index is 0.270. The normalized spacial score (nSPS) is 31.1. The molecule has 0 amide bonds. The first kappa shape index (κ1) is 7.18. The van der Waals surface area contributed by atoms with Gasteiger partial charge in [0, 0.05) is 6.08 Å². The van der Waals surface area contributed by atoms with Crippen molar-refractivity contribution in [3.63, 3.8) is 0 Å². The van der Waals surface area contributed by atoms with Gasteiger partial charge in [0.2, 0.25) is 5.84 Å². The van der Waals surface area contributed by atoms with Crippen LogP contribution in [0.4, 0.5) is 4.39 Å². The SMILES string of the molecule is C=C[N+]12C=CN=C1C=C(F)C=C2. The molecule has 12 heavy (non-hydrogen) atoms. The molecule has 0 aromatic heterocycles. The van der Waals surface area contributed by atoms with Crippen LogP contribution in [0.2, 0.25) is 0 Å². The van der Waals surface area contributed by atoms with E-state index in [4.69, 9.17) is 0 Å². The predicted molar refractivity (Wildman–Crippen MR) is 45.4 cm³/mol. The molecule has 0 aliphatic carbocycles. The molecule has 0 bridgehead atoms. The summed E-state index contributed by atoms with van der Waals surface area (Å²) in [4.78, 5) is 4.02. The number of hydrogen-bond acceptors (Lipinski definition) is 1. The third-order valence-corrected chi connectivity index (χ3v) is 1.97. The van der Waals surface area contributed by atoms with Crippen LogP contribution >= 0.6 is 0 Å². The van der Waals surface area contributed by atoms with Crippen molar-refractivity contribution >= 4 is 5.84 Å². The van der Waals surface area contributed by atoms with Crippen molar-refractivity contribution in [2.45, 2.75) is 0 Å². The second-order valence-electron chi connectivity index (χ2n) is 2.65. The van der Waals surface area contributed by atoms with Crippen molar-refractivity contribution < 1.29 is 8.87 Å². The zero-order chi connectivity index (χ0) is 8.60. The van der Waals surface area contributed by atoms with E-state index >= 15 is 0 Å². The minimum atomic E-state index is -0.270. The molecule has 0 aromatic rings. The molecule has 2 heterocycles. The van der Waals surface area contributed by atoms with Crippen molar-refractivity contribution in [3.05, 3.63) is 49.4 Å². The summed E-state index contributed by atoms with van der Waals surface area (Å²) in [5.74, 6) is 0.373. The molecule has 2 aliphatic heterocycles. The van der Waals surface area contributed by atoms with Crippen molar-refractivity contribution in [2.75, 3.05) is 0 Å². The van der Waals surface area contributed by atoms with Crippen LogP contribution in [0.15, 0.2) is 54.4 Å². The van der Waals surface area contributed by atoms with E-state index in [0.717, 1.165) is 0 Å². The van der Waals surface area contributed by atoms with Crippen LogP contribution in [-0.4, -0.2) is 10.3 Å². The Balaban J connectivity index is 2.52. The summed E-state index contributed by atoms with van der Waals surface area (Å²) < 4.78 is 13.1. The average Bonchev–Trinajstić information content (AvgIpc) is 2.48. The molecule has 0 fully saturated rings. The van der Waals surface area contributed by atoms with Crippen molar-refractivity contribution in [1.82, 2.24) is 0 Å². The maximum Gasteiger partial charge on any atom is 0.244 e. The Morgan fingerprint density at radius 3 is 3.08 bits per heavy atom. The molecule has 1 unspecified atom stereocenters. The number of allylic oxidation sites excluding steroid dienone is 2. The van der Waals surface area contributed by atoms with Gasteiger partial charge in [-0.05, 0) is 6.58 Å². The summed E-state index contributed by atoms with van der Waals surface area (Å²) in [6.45, 7) is 3.68. The van der Waals surface area contributed by atoms with E-state index in [1.54, 1.807) is 18.6 Å². The van der Waals surface area contributed by atoms with Crippen molar-refractivity contribution in [1.29, 1.82) is 0 Å². The van der Waals surface area contributed by atoms with Crippen LogP contribution in [0.1, 0.15) is 0 Å². The summed E-state index contributed by atoms with van der Waals surface area (Å²) in [5.41, 5.74) is 0. The van der Waals surface area contributed by atoms with Gasteiger partial charge in [-0.15, -0.1) is 0 Å².